The molecule has 5 nitrogen and oxygen atoms in total. The second-order valence-corrected chi connectivity index (χ2v) is 5.58. The highest BCUT2D eigenvalue weighted by Gasteiger charge is 2.16. The van der Waals surface area contributed by atoms with Gasteiger partial charge in [0.25, 0.3) is 10.1 Å². The van der Waals surface area contributed by atoms with E-state index in [-0.39, 0.29) is 10.8 Å². The van der Waals surface area contributed by atoms with Gasteiger partial charge in [0.05, 0.1) is 4.90 Å². The predicted octanol–water partition coefficient (Wildman–Crippen LogP) is 1.99. The Morgan fingerprint density at radius 1 is 1.32 bits per heavy atom. The average Bonchev–Trinajstić information content (AvgIpc) is 2.75. The second kappa shape index (κ2) is 6.49. The Labute approximate surface area is 113 Å². The molecule has 1 N–H and O–H groups in total. The van der Waals surface area contributed by atoms with Gasteiger partial charge in [-0.3, -0.25) is 9.35 Å². The molecule has 0 aromatic heterocycles. The summed E-state index contributed by atoms with van der Waals surface area (Å²) in [6.07, 6.45) is 3.28. The maximum Gasteiger partial charge on any atom is 0.294 e. The van der Waals surface area contributed by atoms with Crippen LogP contribution in [0, 0.1) is 6.92 Å². The van der Waals surface area contributed by atoms with E-state index in [9.17, 15) is 13.2 Å². The lowest BCUT2D eigenvalue weighted by Gasteiger charge is -2.05. The molecule has 1 fully saturated rings. The first-order valence-corrected chi connectivity index (χ1v) is 7.25. The van der Waals surface area contributed by atoms with Crippen LogP contribution >= 0.6 is 0 Å². The Morgan fingerprint density at radius 3 is 2.21 bits per heavy atom. The number of hydrogen-bond donors (Lipinski definition) is 1. The van der Waals surface area contributed by atoms with Crippen molar-refractivity contribution in [2.24, 2.45) is 0 Å². The lowest BCUT2D eigenvalue weighted by atomic mass is 10.2. The summed E-state index contributed by atoms with van der Waals surface area (Å²) < 4.78 is 29.6. The summed E-state index contributed by atoms with van der Waals surface area (Å²) in [6, 6.07) is 5.99. The molecule has 1 aliphatic heterocycles. The zero-order valence-electron chi connectivity index (χ0n) is 10.7. The van der Waals surface area contributed by atoms with E-state index in [4.69, 9.17) is 4.55 Å². The third-order valence-electron chi connectivity index (χ3n) is 2.65. The van der Waals surface area contributed by atoms with Crippen molar-refractivity contribution in [2.75, 3.05) is 6.54 Å². The monoisotopic (exact) mass is 283 g/mol. The fraction of sp³-hybridized carbons (Fsp3) is 0.308. The Morgan fingerprint density at radius 2 is 1.89 bits per heavy atom. The van der Waals surface area contributed by atoms with Crippen LogP contribution in [-0.4, -0.2) is 30.3 Å². The molecule has 1 saturated heterocycles. The molecule has 0 aliphatic carbocycles. The highest BCUT2D eigenvalue weighted by Crippen LogP contribution is 2.09. The van der Waals surface area contributed by atoms with Gasteiger partial charge >= 0.3 is 0 Å². The molecule has 104 valence electrons. The topological polar surface area (TPSA) is 74.7 Å². The van der Waals surface area contributed by atoms with Gasteiger partial charge in [0.1, 0.15) is 0 Å². The summed E-state index contributed by atoms with van der Waals surface area (Å²) in [7, 11) is -4.02. The van der Waals surface area contributed by atoms with Crippen LogP contribution in [-0.2, 0) is 14.9 Å². The van der Waals surface area contributed by atoms with Crippen LogP contribution < -0.4 is 0 Å². The normalized spacial score (nSPS) is 14.8. The molecule has 1 aliphatic rings. The second-order valence-electron chi connectivity index (χ2n) is 4.16. The standard InChI is InChI=1S/C7H8O3S.C6H9NO/c1-6-2-4-7(5-3-6)11(8,9)10;1-2-7-5-3-4-6(7)8/h2-5H,1H3,(H,8,9,10);2H,1,3-5H2. The van der Waals surface area contributed by atoms with Crippen molar-refractivity contribution in [3.8, 4) is 0 Å². The number of carbonyl (C=O) groups excluding carboxylic acids is 1. The molecule has 1 heterocycles. The highest BCUT2D eigenvalue weighted by atomic mass is 32.2. The molecule has 6 heteroatoms. The van der Waals surface area contributed by atoms with Gasteiger partial charge in [0, 0.05) is 13.0 Å². The van der Waals surface area contributed by atoms with Gasteiger partial charge in [-0.05, 0) is 31.7 Å². The van der Waals surface area contributed by atoms with E-state index >= 15 is 0 Å². The SMILES string of the molecule is C=CN1CCCC1=O.Cc1ccc(S(=O)(=O)O)cc1. The van der Waals surface area contributed by atoms with Crippen molar-refractivity contribution in [1.82, 2.24) is 4.90 Å². The number of carbonyl (C=O) groups is 1. The minimum absolute atomic E-state index is 0.0666. The first kappa shape index (κ1) is 15.4. The molecule has 0 radical (unpaired) electrons. The van der Waals surface area contributed by atoms with Crippen molar-refractivity contribution >= 4 is 16.0 Å². The van der Waals surface area contributed by atoms with E-state index in [1.54, 1.807) is 23.2 Å². The molecular weight excluding hydrogens is 266 g/mol. The van der Waals surface area contributed by atoms with Crippen LogP contribution in [0.5, 0.6) is 0 Å². The predicted molar refractivity (Wildman–Crippen MR) is 72.1 cm³/mol. The van der Waals surface area contributed by atoms with E-state index in [1.807, 2.05) is 6.92 Å². The van der Waals surface area contributed by atoms with Gasteiger partial charge in [0.15, 0.2) is 0 Å². The highest BCUT2D eigenvalue weighted by molar-refractivity contribution is 7.85. The van der Waals surface area contributed by atoms with Gasteiger partial charge in [0.2, 0.25) is 5.91 Å². The van der Waals surface area contributed by atoms with Gasteiger partial charge in [-0.15, -0.1) is 0 Å². The molecular formula is C13H17NO4S. The van der Waals surface area contributed by atoms with E-state index < -0.39 is 10.1 Å². The average molecular weight is 283 g/mol. The molecule has 1 aromatic carbocycles. The minimum atomic E-state index is -4.02. The van der Waals surface area contributed by atoms with E-state index in [1.165, 1.54) is 12.1 Å². The largest absolute Gasteiger partial charge is 0.320 e. The van der Waals surface area contributed by atoms with Gasteiger partial charge < -0.3 is 4.90 Å². The molecule has 0 spiro atoms. The van der Waals surface area contributed by atoms with E-state index in [0.29, 0.717) is 6.42 Å². The van der Waals surface area contributed by atoms with Crippen molar-refractivity contribution < 1.29 is 17.8 Å². The van der Waals surface area contributed by atoms with Crippen LogP contribution in [0.1, 0.15) is 18.4 Å². The van der Waals surface area contributed by atoms with E-state index in [0.717, 1.165) is 18.5 Å². The molecule has 0 atom stereocenters. The zero-order valence-corrected chi connectivity index (χ0v) is 11.6. The van der Waals surface area contributed by atoms with Crippen molar-refractivity contribution in [3.63, 3.8) is 0 Å². The molecule has 1 amide bonds. The van der Waals surface area contributed by atoms with Gasteiger partial charge in [-0.25, -0.2) is 0 Å². The van der Waals surface area contributed by atoms with Crippen LogP contribution in [0.15, 0.2) is 41.9 Å². The van der Waals surface area contributed by atoms with Crippen molar-refractivity contribution in [3.05, 3.63) is 42.6 Å². The molecule has 0 unspecified atom stereocenters. The fourth-order valence-electron chi connectivity index (χ4n) is 1.57. The summed E-state index contributed by atoms with van der Waals surface area (Å²) in [5.74, 6) is 0.208. The number of likely N-dealkylation sites (tertiary alicyclic amines) is 1. The number of aryl methyl sites for hydroxylation is 1. The number of nitrogens with zero attached hydrogens (tertiary/aromatic N) is 1. The first-order chi connectivity index (χ1) is 8.84. The number of hydrogen-bond acceptors (Lipinski definition) is 3. The molecule has 1 aromatic rings. The summed E-state index contributed by atoms with van der Waals surface area (Å²) >= 11 is 0. The number of rotatable bonds is 2. The summed E-state index contributed by atoms with van der Waals surface area (Å²) in [6.45, 7) is 6.20. The maximum absolute atomic E-state index is 10.7. The third-order valence-corrected chi connectivity index (χ3v) is 3.52. The first-order valence-electron chi connectivity index (χ1n) is 5.81. The molecule has 0 bridgehead atoms. The number of amides is 1. The Bertz CT molecular complexity index is 549. The lowest BCUT2D eigenvalue weighted by Crippen LogP contribution is -2.16. The van der Waals surface area contributed by atoms with Crippen molar-refractivity contribution in [2.45, 2.75) is 24.7 Å². The van der Waals surface area contributed by atoms with Crippen LogP contribution in [0.25, 0.3) is 0 Å². The zero-order chi connectivity index (χ0) is 14.5. The maximum atomic E-state index is 10.7. The van der Waals surface area contributed by atoms with Crippen LogP contribution in [0.2, 0.25) is 0 Å². The number of benzene rings is 1. The molecule has 0 saturated carbocycles. The van der Waals surface area contributed by atoms with Crippen LogP contribution in [0.3, 0.4) is 0 Å². The minimum Gasteiger partial charge on any atom is -0.320 e. The van der Waals surface area contributed by atoms with Crippen molar-refractivity contribution in [1.29, 1.82) is 0 Å². The van der Waals surface area contributed by atoms with E-state index in [2.05, 4.69) is 6.58 Å². The van der Waals surface area contributed by atoms with Gasteiger partial charge in [-0.1, -0.05) is 24.3 Å². The summed E-state index contributed by atoms with van der Waals surface area (Å²) in [5, 5.41) is 0. The Kier molecular flexibility index (Phi) is 5.26. The molecule has 2 rings (SSSR count). The van der Waals surface area contributed by atoms with Crippen LogP contribution in [0.4, 0.5) is 0 Å². The van der Waals surface area contributed by atoms with Gasteiger partial charge in [-0.2, -0.15) is 8.42 Å². The Balaban J connectivity index is 0.000000200. The Hall–Kier alpha value is -1.66. The lowest BCUT2D eigenvalue weighted by molar-refractivity contribution is -0.125. The smallest absolute Gasteiger partial charge is 0.294 e. The summed E-state index contributed by atoms with van der Waals surface area (Å²) in [4.78, 5) is 12.2. The quantitative estimate of drug-likeness (QED) is 0.842. The third kappa shape index (κ3) is 4.84. The molecule has 19 heavy (non-hydrogen) atoms. The fourth-order valence-corrected chi connectivity index (χ4v) is 2.05. The summed E-state index contributed by atoms with van der Waals surface area (Å²) in [5.41, 5.74) is 0.956.